The first-order valence-corrected chi connectivity index (χ1v) is 8.50. The van der Waals surface area contributed by atoms with Crippen LogP contribution in [-0.2, 0) is 10.3 Å². The fourth-order valence-electron chi connectivity index (χ4n) is 4.24. The third-order valence-corrected chi connectivity index (χ3v) is 5.51. The van der Waals surface area contributed by atoms with Crippen LogP contribution in [0.1, 0.15) is 25.0 Å². The monoisotopic (exact) mass is 308 g/mol. The van der Waals surface area contributed by atoms with Gasteiger partial charge in [-0.15, -0.1) is 0 Å². The minimum absolute atomic E-state index is 0.214. The van der Waals surface area contributed by atoms with Crippen LogP contribution in [0.25, 0.3) is 10.8 Å². The number of nitrogens with one attached hydrogen (secondary N) is 2. The minimum Gasteiger partial charge on any atom is -0.347 e. The van der Waals surface area contributed by atoms with Crippen molar-refractivity contribution >= 4 is 16.7 Å². The first-order valence-electron chi connectivity index (χ1n) is 8.50. The minimum atomic E-state index is -0.368. The maximum atomic E-state index is 12.7. The van der Waals surface area contributed by atoms with Crippen LogP contribution in [0.2, 0.25) is 0 Å². The number of benzene rings is 2. The van der Waals surface area contributed by atoms with Crippen LogP contribution in [0.4, 0.5) is 0 Å². The maximum absolute atomic E-state index is 12.7. The van der Waals surface area contributed by atoms with Crippen molar-refractivity contribution in [1.82, 2.24) is 10.6 Å². The van der Waals surface area contributed by atoms with Gasteiger partial charge in [-0.25, -0.2) is 0 Å². The molecule has 2 aliphatic rings. The van der Waals surface area contributed by atoms with Crippen LogP contribution in [0.15, 0.2) is 36.4 Å². The molecule has 0 aromatic heterocycles. The number of aryl methyl sites for hydroxylation is 1. The Morgan fingerprint density at radius 3 is 2.61 bits per heavy atom. The van der Waals surface area contributed by atoms with Crippen LogP contribution in [0.5, 0.6) is 0 Å². The second-order valence-electron chi connectivity index (χ2n) is 7.66. The number of rotatable bonds is 3. The van der Waals surface area contributed by atoms with E-state index < -0.39 is 0 Å². The highest BCUT2D eigenvalue weighted by Gasteiger charge is 2.57. The fraction of sp³-hybridized carbons (Fsp3) is 0.450. The number of hydrogen-bond donors (Lipinski definition) is 2. The van der Waals surface area contributed by atoms with Crippen LogP contribution >= 0.6 is 0 Å². The molecule has 23 heavy (non-hydrogen) atoms. The van der Waals surface area contributed by atoms with E-state index in [1.165, 1.54) is 21.9 Å². The molecule has 1 aliphatic carbocycles. The van der Waals surface area contributed by atoms with E-state index in [0.717, 1.165) is 13.1 Å². The van der Waals surface area contributed by atoms with Gasteiger partial charge in [0, 0.05) is 5.92 Å². The molecular weight excluding hydrogens is 284 g/mol. The van der Waals surface area contributed by atoms with Gasteiger partial charge >= 0.3 is 0 Å². The van der Waals surface area contributed by atoms with Gasteiger partial charge in [-0.2, -0.15) is 0 Å². The number of fused-ring (bicyclic) bond motifs is 2. The lowest BCUT2D eigenvalue weighted by molar-refractivity contribution is -0.124. The molecule has 0 spiro atoms. The Morgan fingerprint density at radius 1 is 1.17 bits per heavy atom. The summed E-state index contributed by atoms with van der Waals surface area (Å²) in [5, 5.41) is 9.13. The molecule has 3 nitrogen and oxygen atoms in total. The van der Waals surface area contributed by atoms with Crippen molar-refractivity contribution in [3.63, 3.8) is 0 Å². The fourth-order valence-corrected chi connectivity index (χ4v) is 4.24. The average Bonchev–Trinajstić information content (AvgIpc) is 2.99. The van der Waals surface area contributed by atoms with E-state index in [-0.39, 0.29) is 17.4 Å². The molecule has 2 fully saturated rings. The van der Waals surface area contributed by atoms with E-state index >= 15 is 0 Å². The van der Waals surface area contributed by atoms with Crippen molar-refractivity contribution in [1.29, 1.82) is 0 Å². The van der Waals surface area contributed by atoms with Crippen molar-refractivity contribution in [3.05, 3.63) is 47.5 Å². The first kappa shape index (κ1) is 14.7. The summed E-state index contributed by atoms with van der Waals surface area (Å²) < 4.78 is 0. The van der Waals surface area contributed by atoms with E-state index in [1.54, 1.807) is 0 Å². The largest absolute Gasteiger partial charge is 0.347 e. The summed E-state index contributed by atoms with van der Waals surface area (Å²) in [6.07, 6.45) is 0. The molecule has 0 bridgehead atoms. The average molecular weight is 308 g/mol. The van der Waals surface area contributed by atoms with Gasteiger partial charge in [-0.1, -0.05) is 42.0 Å². The Bertz CT molecular complexity index is 770. The highest BCUT2D eigenvalue weighted by atomic mass is 16.2. The zero-order valence-corrected chi connectivity index (χ0v) is 14.0. The molecular formula is C20H24N2O. The summed E-state index contributed by atoms with van der Waals surface area (Å²) in [6, 6.07) is 12.8. The Balaban J connectivity index is 1.64. The predicted molar refractivity (Wildman–Crippen MR) is 93.2 cm³/mol. The molecule has 0 unspecified atom stereocenters. The molecule has 2 aromatic carbocycles. The van der Waals surface area contributed by atoms with Gasteiger partial charge in [-0.05, 0) is 62.0 Å². The number of carbonyl (C=O) groups excluding carboxylic acids is 1. The number of piperidine rings is 1. The standard InChI is InChI=1S/C20H24N2O/c1-12-8-13-6-4-5-7-14(13)17(9-12)20(2,3)22-19(23)18-15-10-21-11-16(15)18/h4-9,15-16,18,21H,10-11H2,1-3H3,(H,22,23)/t15-,16+,18+. The van der Waals surface area contributed by atoms with Crippen LogP contribution < -0.4 is 10.6 Å². The third kappa shape index (κ3) is 2.43. The molecule has 1 aliphatic heterocycles. The lowest BCUT2D eigenvalue weighted by atomic mass is 9.87. The molecule has 4 rings (SSSR count). The van der Waals surface area contributed by atoms with Crippen molar-refractivity contribution in [3.8, 4) is 0 Å². The molecule has 1 heterocycles. The zero-order chi connectivity index (χ0) is 16.2. The second kappa shape index (κ2) is 5.07. The molecule has 2 aromatic rings. The van der Waals surface area contributed by atoms with Crippen LogP contribution in [-0.4, -0.2) is 19.0 Å². The summed E-state index contributed by atoms with van der Waals surface area (Å²) in [6.45, 7) is 8.34. The number of carbonyl (C=O) groups is 1. The van der Waals surface area contributed by atoms with Crippen LogP contribution in [0.3, 0.4) is 0 Å². The van der Waals surface area contributed by atoms with Gasteiger partial charge in [0.2, 0.25) is 5.91 Å². The number of hydrogen-bond acceptors (Lipinski definition) is 2. The molecule has 2 N–H and O–H groups in total. The van der Waals surface area contributed by atoms with Gasteiger partial charge in [0.1, 0.15) is 0 Å². The van der Waals surface area contributed by atoms with Crippen molar-refractivity contribution in [2.24, 2.45) is 17.8 Å². The summed E-state index contributed by atoms with van der Waals surface area (Å²) in [5.74, 6) is 1.55. The van der Waals surface area contributed by atoms with E-state index in [4.69, 9.17) is 0 Å². The lowest BCUT2D eigenvalue weighted by Crippen LogP contribution is -2.43. The second-order valence-corrected chi connectivity index (χ2v) is 7.66. The van der Waals surface area contributed by atoms with E-state index in [1.807, 2.05) is 0 Å². The molecule has 0 radical (unpaired) electrons. The van der Waals surface area contributed by atoms with Crippen molar-refractivity contribution in [2.75, 3.05) is 13.1 Å². The van der Waals surface area contributed by atoms with Gasteiger partial charge in [0.05, 0.1) is 5.54 Å². The predicted octanol–water partition coefficient (Wildman–Crippen LogP) is 2.96. The highest BCUT2D eigenvalue weighted by molar-refractivity contribution is 5.89. The topological polar surface area (TPSA) is 41.1 Å². The zero-order valence-electron chi connectivity index (χ0n) is 14.0. The Hall–Kier alpha value is -1.87. The molecule has 3 atom stereocenters. The summed E-state index contributed by atoms with van der Waals surface area (Å²) in [5.41, 5.74) is 2.06. The van der Waals surface area contributed by atoms with Crippen molar-refractivity contribution in [2.45, 2.75) is 26.3 Å². The lowest BCUT2D eigenvalue weighted by Gasteiger charge is -2.29. The summed E-state index contributed by atoms with van der Waals surface area (Å²) in [7, 11) is 0. The normalized spacial score (nSPS) is 26.1. The molecule has 3 heteroatoms. The van der Waals surface area contributed by atoms with E-state index in [0.29, 0.717) is 11.8 Å². The molecule has 1 saturated carbocycles. The molecule has 1 saturated heterocycles. The first-order chi connectivity index (χ1) is 11.0. The van der Waals surface area contributed by atoms with Crippen LogP contribution in [0, 0.1) is 24.7 Å². The summed E-state index contributed by atoms with van der Waals surface area (Å²) >= 11 is 0. The highest BCUT2D eigenvalue weighted by Crippen LogP contribution is 2.49. The Morgan fingerprint density at radius 2 is 1.87 bits per heavy atom. The van der Waals surface area contributed by atoms with Gasteiger partial charge in [0.25, 0.3) is 0 Å². The Labute approximate surface area is 137 Å². The number of amides is 1. The SMILES string of the molecule is Cc1cc(C(C)(C)NC(=O)[C@H]2[C@@H]3CNC[C@@H]32)c2ccccc2c1. The summed E-state index contributed by atoms with van der Waals surface area (Å²) in [4.78, 5) is 12.7. The van der Waals surface area contributed by atoms with Gasteiger partial charge < -0.3 is 10.6 Å². The van der Waals surface area contributed by atoms with Gasteiger partial charge in [0.15, 0.2) is 0 Å². The van der Waals surface area contributed by atoms with E-state index in [2.05, 4.69) is 67.8 Å². The molecule has 1 amide bonds. The smallest absolute Gasteiger partial charge is 0.224 e. The maximum Gasteiger partial charge on any atom is 0.224 e. The van der Waals surface area contributed by atoms with Gasteiger partial charge in [-0.3, -0.25) is 4.79 Å². The molecule has 120 valence electrons. The quantitative estimate of drug-likeness (QED) is 0.915. The Kier molecular flexibility index (Phi) is 3.24. The van der Waals surface area contributed by atoms with E-state index in [9.17, 15) is 4.79 Å². The van der Waals surface area contributed by atoms with Crippen molar-refractivity contribution < 1.29 is 4.79 Å². The third-order valence-electron chi connectivity index (χ3n) is 5.51.